The minimum atomic E-state index is -0.231. The molecule has 0 heterocycles. The van der Waals surface area contributed by atoms with Crippen LogP contribution in [-0.2, 0) is 4.79 Å². The first-order chi connectivity index (χ1) is 17.7. The van der Waals surface area contributed by atoms with Crippen molar-refractivity contribution in [1.29, 1.82) is 0 Å². The summed E-state index contributed by atoms with van der Waals surface area (Å²) in [6, 6.07) is 33.0. The van der Waals surface area contributed by atoms with Crippen molar-refractivity contribution in [2.45, 2.75) is 0 Å². The Balaban J connectivity index is 1.26. The van der Waals surface area contributed by atoms with Gasteiger partial charge in [-0.1, -0.05) is 54.6 Å². The van der Waals surface area contributed by atoms with Crippen molar-refractivity contribution in [1.82, 2.24) is 0 Å². The van der Waals surface area contributed by atoms with E-state index in [4.69, 9.17) is 9.47 Å². The highest BCUT2D eigenvalue weighted by Gasteiger charge is 2.09. The second kappa shape index (κ2) is 12.6. The Morgan fingerprint density at radius 1 is 0.639 bits per heavy atom. The number of hydrogen-bond donors (Lipinski definition) is 3. The lowest BCUT2D eigenvalue weighted by Crippen LogP contribution is -2.22. The Morgan fingerprint density at radius 2 is 1.31 bits per heavy atom. The number of carbonyl (C=O) groups excluding carboxylic acids is 2. The van der Waals surface area contributed by atoms with Crippen LogP contribution in [0.15, 0.2) is 109 Å². The second-order valence-electron chi connectivity index (χ2n) is 7.81. The van der Waals surface area contributed by atoms with E-state index < -0.39 is 0 Å². The highest BCUT2D eigenvalue weighted by molar-refractivity contribution is 6.04. The van der Waals surface area contributed by atoms with E-state index in [-0.39, 0.29) is 18.4 Å². The van der Waals surface area contributed by atoms with Gasteiger partial charge in [0.2, 0.25) is 5.91 Å². The molecule has 7 heteroatoms. The molecule has 0 saturated heterocycles. The summed E-state index contributed by atoms with van der Waals surface area (Å²) in [7, 11) is 0. The molecule has 0 unspecified atom stereocenters. The number of anilines is 3. The molecule has 0 aliphatic carbocycles. The molecule has 0 atom stereocenters. The number of carbonyl (C=O) groups is 2. The zero-order valence-corrected chi connectivity index (χ0v) is 19.6. The molecule has 4 aromatic carbocycles. The minimum Gasteiger partial charge on any atom is -0.490 e. The van der Waals surface area contributed by atoms with E-state index in [2.05, 4.69) is 16.0 Å². The van der Waals surface area contributed by atoms with E-state index in [1.165, 1.54) is 0 Å². The Kier molecular flexibility index (Phi) is 8.53. The maximum atomic E-state index is 12.6. The van der Waals surface area contributed by atoms with E-state index in [1.54, 1.807) is 36.4 Å². The Labute approximate surface area is 210 Å². The summed E-state index contributed by atoms with van der Waals surface area (Å²) in [5.74, 6) is 0.909. The highest BCUT2D eigenvalue weighted by Crippen LogP contribution is 2.24. The average Bonchev–Trinajstić information content (AvgIpc) is 2.92. The average molecular weight is 482 g/mol. The Bertz CT molecular complexity index is 1280. The molecule has 0 aliphatic rings. The van der Waals surface area contributed by atoms with Crippen LogP contribution in [0.25, 0.3) is 0 Å². The van der Waals surface area contributed by atoms with Gasteiger partial charge in [-0.25, -0.2) is 0 Å². The monoisotopic (exact) mass is 481 g/mol. The lowest BCUT2D eigenvalue weighted by Gasteiger charge is -2.14. The van der Waals surface area contributed by atoms with Crippen LogP contribution in [0, 0.1) is 0 Å². The summed E-state index contributed by atoms with van der Waals surface area (Å²) in [4.78, 5) is 25.0. The van der Waals surface area contributed by atoms with Crippen LogP contribution < -0.4 is 25.4 Å². The van der Waals surface area contributed by atoms with Crippen LogP contribution in [0.5, 0.6) is 11.5 Å². The summed E-state index contributed by atoms with van der Waals surface area (Å²) < 4.78 is 11.5. The van der Waals surface area contributed by atoms with Crippen molar-refractivity contribution < 1.29 is 19.1 Å². The maximum Gasteiger partial charge on any atom is 0.255 e. The predicted octanol–water partition coefficient (Wildman–Crippen LogP) is 5.45. The molecule has 182 valence electrons. The number of ether oxygens (including phenoxy) is 2. The predicted molar refractivity (Wildman–Crippen MR) is 142 cm³/mol. The Morgan fingerprint density at radius 3 is 2.11 bits per heavy atom. The maximum absolute atomic E-state index is 12.6. The van der Waals surface area contributed by atoms with E-state index in [0.29, 0.717) is 41.6 Å². The Hall–Kier alpha value is -4.78. The third-order valence-corrected chi connectivity index (χ3v) is 5.12. The molecule has 0 aromatic heterocycles. The fraction of sp³-hybridized carbons (Fsp3) is 0.103. The van der Waals surface area contributed by atoms with Crippen LogP contribution in [0.2, 0.25) is 0 Å². The van der Waals surface area contributed by atoms with E-state index in [1.807, 2.05) is 72.8 Å². The SMILES string of the molecule is O=C(CNc1cccc(NC(=O)c2ccccc2)c1)Nc1ccccc1OCCOc1ccccc1. The molecular weight excluding hydrogens is 454 g/mol. The molecule has 4 rings (SSSR count). The van der Waals surface area contributed by atoms with Crippen LogP contribution >= 0.6 is 0 Å². The number of rotatable bonds is 11. The van der Waals surface area contributed by atoms with E-state index in [0.717, 1.165) is 5.75 Å². The lowest BCUT2D eigenvalue weighted by molar-refractivity contribution is -0.114. The number of benzene rings is 4. The van der Waals surface area contributed by atoms with Gasteiger partial charge in [-0.3, -0.25) is 9.59 Å². The first kappa shape index (κ1) is 24.3. The standard InChI is InChI=1S/C29H27N3O4/c33-28(21-30-23-12-9-13-24(20-23)31-29(34)22-10-3-1-4-11-22)32-26-16-7-8-17-27(26)36-19-18-35-25-14-5-2-6-15-25/h1-17,20,30H,18-19,21H2,(H,31,34)(H,32,33). The number of amides is 2. The highest BCUT2D eigenvalue weighted by atomic mass is 16.5. The van der Waals surface area contributed by atoms with Crippen LogP contribution in [0.3, 0.4) is 0 Å². The molecule has 3 N–H and O–H groups in total. The normalized spacial score (nSPS) is 10.2. The van der Waals surface area contributed by atoms with Gasteiger partial charge in [0.05, 0.1) is 12.2 Å². The molecule has 36 heavy (non-hydrogen) atoms. The summed E-state index contributed by atoms with van der Waals surface area (Å²) in [5.41, 5.74) is 2.49. The van der Waals surface area contributed by atoms with Gasteiger partial charge in [0, 0.05) is 16.9 Å². The molecule has 0 bridgehead atoms. The van der Waals surface area contributed by atoms with Crippen molar-refractivity contribution in [3.05, 3.63) is 115 Å². The quantitative estimate of drug-likeness (QED) is 0.248. The molecule has 0 saturated carbocycles. The molecule has 0 radical (unpaired) electrons. The van der Waals surface area contributed by atoms with Gasteiger partial charge < -0.3 is 25.4 Å². The smallest absolute Gasteiger partial charge is 0.255 e. The van der Waals surface area contributed by atoms with Gasteiger partial charge in [-0.2, -0.15) is 0 Å². The first-order valence-corrected chi connectivity index (χ1v) is 11.6. The van der Waals surface area contributed by atoms with Crippen LogP contribution in [0.1, 0.15) is 10.4 Å². The minimum absolute atomic E-state index is 0.0432. The molecule has 0 fully saturated rings. The fourth-order valence-electron chi connectivity index (χ4n) is 3.40. The zero-order chi connectivity index (χ0) is 25.0. The second-order valence-corrected chi connectivity index (χ2v) is 7.81. The first-order valence-electron chi connectivity index (χ1n) is 11.6. The lowest BCUT2D eigenvalue weighted by atomic mass is 10.2. The van der Waals surface area contributed by atoms with Crippen molar-refractivity contribution in [3.8, 4) is 11.5 Å². The third-order valence-electron chi connectivity index (χ3n) is 5.12. The summed E-state index contributed by atoms with van der Waals surface area (Å²) in [6.45, 7) is 0.758. The van der Waals surface area contributed by atoms with Gasteiger partial charge in [0.1, 0.15) is 24.7 Å². The zero-order valence-electron chi connectivity index (χ0n) is 19.6. The van der Waals surface area contributed by atoms with Crippen molar-refractivity contribution in [2.24, 2.45) is 0 Å². The summed E-state index contributed by atoms with van der Waals surface area (Å²) in [5, 5.41) is 8.82. The van der Waals surface area contributed by atoms with Gasteiger partial charge in [0.25, 0.3) is 5.91 Å². The fourth-order valence-corrected chi connectivity index (χ4v) is 3.40. The molecule has 0 spiro atoms. The number of nitrogens with one attached hydrogen (secondary N) is 3. The molecular formula is C29H27N3O4. The van der Waals surface area contributed by atoms with Gasteiger partial charge in [-0.05, 0) is 54.6 Å². The van der Waals surface area contributed by atoms with Crippen molar-refractivity contribution >= 4 is 28.9 Å². The summed E-state index contributed by atoms with van der Waals surface area (Å²) >= 11 is 0. The van der Waals surface area contributed by atoms with Crippen LogP contribution in [0.4, 0.5) is 17.1 Å². The molecule has 2 amide bonds. The van der Waals surface area contributed by atoms with Crippen molar-refractivity contribution in [2.75, 3.05) is 35.7 Å². The van der Waals surface area contributed by atoms with Gasteiger partial charge in [0.15, 0.2) is 0 Å². The van der Waals surface area contributed by atoms with E-state index in [9.17, 15) is 9.59 Å². The van der Waals surface area contributed by atoms with Gasteiger partial charge >= 0.3 is 0 Å². The third kappa shape index (κ3) is 7.36. The molecule has 7 nitrogen and oxygen atoms in total. The summed E-state index contributed by atoms with van der Waals surface area (Å²) in [6.07, 6.45) is 0. The van der Waals surface area contributed by atoms with E-state index >= 15 is 0 Å². The number of para-hydroxylation sites is 3. The largest absolute Gasteiger partial charge is 0.490 e. The topological polar surface area (TPSA) is 88.7 Å². The molecule has 4 aromatic rings. The van der Waals surface area contributed by atoms with Crippen LogP contribution in [-0.4, -0.2) is 31.6 Å². The van der Waals surface area contributed by atoms with Gasteiger partial charge in [-0.15, -0.1) is 0 Å². The van der Waals surface area contributed by atoms with Crippen molar-refractivity contribution in [3.63, 3.8) is 0 Å². The number of hydrogen-bond acceptors (Lipinski definition) is 5. The molecule has 0 aliphatic heterocycles.